The standard InChI is InChI=1S/C65H64BN3Si/c1-41-35-49-50(63(4,5)34-33-62(49,2)3)39-55(41)68-56-40-52-51(64(6,7)47-28-18-19-29-48(47)65(52,8)9)38-53(56)66-60-46(45-27-22-32-59-61(45)69(66)54-30-20-21-31-58(54)70(59,10)11)36-44(37-57(60)68)67(42-23-14-12-15-24-42)43-25-16-13-17-26-43/h12-32,35-40H,33-34H2,1-11H3. The highest BCUT2D eigenvalue weighted by molar-refractivity contribution is 7.05. The van der Waals surface area contributed by atoms with Crippen molar-refractivity contribution in [3.8, 4) is 11.1 Å². The highest BCUT2D eigenvalue weighted by Crippen LogP contribution is 2.56. The number of rotatable bonds is 4. The van der Waals surface area contributed by atoms with Crippen LogP contribution in [0.15, 0.2) is 164 Å². The second-order valence-electron chi connectivity index (χ2n) is 24.1. The first-order valence-electron chi connectivity index (χ1n) is 25.8. The number of anilines is 8. The molecule has 0 amide bonds. The lowest BCUT2D eigenvalue weighted by atomic mass is 9.42. The Hall–Kier alpha value is -6.56. The van der Waals surface area contributed by atoms with E-state index in [1.807, 2.05) is 0 Å². The zero-order valence-corrected chi connectivity index (χ0v) is 43.9. The molecule has 0 atom stereocenters. The van der Waals surface area contributed by atoms with Gasteiger partial charge in [0.05, 0.1) is 0 Å². The monoisotopic (exact) mass is 925 g/mol. The molecule has 3 heterocycles. The van der Waals surface area contributed by atoms with Crippen LogP contribution in [0.5, 0.6) is 0 Å². The molecule has 3 nitrogen and oxygen atoms in total. The number of fused-ring (bicyclic) bond motifs is 9. The molecule has 0 fully saturated rings. The summed E-state index contributed by atoms with van der Waals surface area (Å²) in [5, 5.41) is 3.02. The third-order valence-corrected chi connectivity index (χ3v) is 21.5. The summed E-state index contributed by atoms with van der Waals surface area (Å²) in [6.45, 7) is 27.2. The molecule has 0 unspecified atom stereocenters. The number of para-hydroxylation sites is 4. The van der Waals surface area contributed by atoms with Crippen molar-refractivity contribution in [2.45, 2.75) is 110 Å². The van der Waals surface area contributed by atoms with Crippen LogP contribution in [0.3, 0.4) is 0 Å². The van der Waals surface area contributed by atoms with Gasteiger partial charge < -0.3 is 14.6 Å². The summed E-state index contributed by atoms with van der Waals surface area (Å²) in [6.07, 6.45) is 2.34. The molecule has 13 rings (SSSR count). The van der Waals surface area contributed by atoms with E-state index in [-0.39, 0.29) is 28.5 Å². The Bertz CT molecular complexity index is 3470. The van der Waals surface area contributed by atoms with Crippen LogP contribution in [0.4, 0.5) is 45.5 Å². The number of benzene rings is 8. The first kappa shape index (κ1) is 43.5. The maximum absolute atomic E-state index is 2.80. The van der Waals surface area contributed by atoms with Gasteiger partial charge in [-0.15, -0.1) is 0 Å². The predicted octanol–water partition coefficient (Wildman–Crippen LogP) is 14.6. The van der Waals surface area contributed by atoms with Gasteiger partial charge in [0.25, 0.3) is 0 Å². The van der Waals surface area contributed by atoms with E-state index in [4.69, 9.17) is 0 Å². The molecule has 0 spiro atoms. The average molecular weight is 926 g/mol. The molecule has 2 aliphatic carbocycles. The molecule has 0 N–H and O–H groups in total. The van der Waals surface area contributed by atoms with E-state index >= 15 is 0 Å². The Morgan fingerprint density at radius 3 is 1.64 bits per heavy atom. The molecule has 8 aromatic rings. The molecule has 0 bridgehead atoms. The third kappa shape index (κ3) is 5.82. The number of aryl methyl sites for hydroxylation is 1. The van der Waals surface area contributed by atoms with Crippen molar-refractivity contribution in [3.63, 3.8) is 0 Å². The van der Waals surface area contributed by atoms with Crippen molar-refractivity contribution in [3.05, 3.63) is 203 Å². The van der Waals surface area contributed by atoms with E-state index in [2.05, 4.69) is 254 Å². The van der Waals surface area contributed by atoms with Crippen molar-refractivity contribution in [2.75, 3.05) is 14.6 Å². The number of nitrogens with zero attached hydrogens (tertiary/aromatic N) is 3. The molecule has 3 aliphatic heterocycles. The first-order chi connectivity index (χ1) is 33.4. The fourth-order valence-electron chi connectivity index (χ4n) is 14.0. The molecule has 0 radical (unpaired) electrons. The molecule has 70 heavy (non-hydrogen) atoms. The molecular weight excluding hydrogens is 862 g/mol. The van der Waals surface area contributed by atoms with Crippen molar-refractivity contribution in [1.82, 2.24) is 0 Å². The van der Waals surface area contributed by atoms with E-state index in [1.54, 1.807) is 0 Å². The lowest BCUT2D eigenvalue weighted by Crippen LogP contribution is -2.68. The van der Waals surface area contributed by atoms with Crippen LogP contribution in [-0.4, -0.2) is 14.9 Å². The summed E-state index contributed by atoms with van der Waals surface area (Å²) in [6, 6.07) is 63.6. The molecule has 5 heteroatoms. The first-order valence-corrected chi connectivity index (χ1v) is 28.8. The van der Waals surface area contributed by atoms with Crippen LogP contribution in [0.2, 0.25) is 13.1 Å². The number of hydrogen-bond acceptors (Lipinski definition) is 3. The van der Waals surface area contributed by atoms with E-state index in [0.717, 1.165) is 23.5 Å². The van der Waals surface area contributed by atoms with Crippen LogP contribution in [0, 0.1) is 6.92 Å². The van der Waals surface area contributed by atoms with E-state index in [1.165, 1.54) is 106 Å². The van der Waals surface area contributed by atoms with Gasteiger partial charge in [0.15, 0.2) is 0 Å². The summed E-state index contributed by atoms with van der Waals surface area (Å²) < 4.78 is 0. The smallest absolute Gasteiger partial charge is 0.333 e. The molecule has 346 valence electrons. The topological polar surface area (TPSA) is 9.72 Å². The Morgan fingerprint density at radius 2 is 1.00 bits per heavy atom. The second-order valence-corrected chi connectivity index (χ2v) is 28.4. The second kappa shape index (κ2) is 14.5. The third-order valence-electron chi connectivity index (χ3n) is 18.0. The SMILES string of the molecule is Cc1cc2c(cc1N1c3cc4c(cc3B3c5c(cc(N(c6ccccc6)c6ccccc6)cc51)-c1cccc5c1N3c1ccccc1[Si]5(C)C)C(C)(C)c1ccccc1C4(C)C)C(C)(C)CCC2(C)C. The minimum Gasteiger partial charge on any atom is -0.377 e. The van der Waals surface area contributed by atoms with Gasteiger partial charge in [-0.05, 0) is 151 Å². The Kier molecular flexibility index (Phi) is 9.01. The van der Waals surface area contributed by atoms with Crippen LogP contribution in [0.1, 0.15) is 107 Å². The van der Waals surface area contributed by atoms with Gasteiger partial charge >= 0.3 is 6.85 Å². The van der Waals surface area contributed by atoms with Crippen molar-refractivity contribution in [2.24, 2.45) is 0 Å². The van der Waals surface area contributed by atoms with Gasteiger partial charge in [-0.2, -0.15) is 0 Å². The van der Waals surface area contributed by atoms with Gasteiger partial charge in [-0.1, -0.05) is 178 Å². The van der Waals surface area contributed by atoms with Crippen LogP contribution < -0.4 is 35.9 Å². The largest absolute Gasteiger partial charge is 0.377 e. The van der Waals surface area contributed by atoms with Gasteiger partial charge in [0, 0.05) is 61.9 Å². The highest BCUT2D eigenvalue weighted by atomic mass is 28.3. The maximum Gasteiger partial charge on any atom is 0.333 e. The Labute approximate surface area is 418 Å². The normalized spacial score (nSPS) is 18.3. The van der Waals surface area contributed by atoms with E-state index in [0.29, 0.717) is 0 Å². The minimum atomic E-state index is -2.16. The summed E-state index contributed by atoms with van der Waals surface area (Å²) in [5.41, 5.74) is 25.0. The highest BCUT2D eigenvalue weighted by Gasteiger charge is 2.53. The molecule has 0 saturated carbocycles. The summed E-state index contributed by atoms with van der Waals surface area (Å²) in [4.78, 5) is 8.03. The fraction of sp³-hybridized carbons (Fsp3) is 0.262. The maximum atomic E-state index is 2.80. The van der Waals surface area contributed by atoms with Gasteiger partial charge in [0.1, 0.15) is 8.07 Å². The molecule has 0 saturated heterocycles. The van der Waals surface area contributed by atoms with Gasteiger partial charge in [-0.25, -0.2) is 0 Å². The minimum absolute atomic E-state index is 0.0300. The molecule has 5 aliphatic rings. The zero-order chi connectivity index (χ0) is 48.4. The molecule has 8 aromatic carbocycles. The molecular formula is C65H64BN3Si. The van der Waals surface area contributed by atoms with Gasteiger partial charge in [0.2, 0.25) is 0 Å². The van der Waals surface area contributed by atoms with E-state index in [9.17, 15) is 0 Å². The van der Waals surface area contributed by atoms with Crippen molar-refractivity contribution < 1.29 is 0 Å². The lowest BCUT2D eigenvalue weighted by molar-refractivity contribution is 0.332. The van der Waals surface area contributed by atoms with Crippen molar-refractivity contribution in [1.29, 1.82) is 0 Å². The number of hydrogen-bond donors (Lipinski definition) is 0. The Morgan fingerprint density at radius 1 is 0.457 bits per heavy atom. The summed E-state index contributed by atoms with van der Waals surface area (Å²) >= 11 is 0. The van der Waals surface area contributed by atoms with Crippen molar-refractivity contribution >= 4 is 81.7 Å². The summed E-state index contributed by atoms with van der Waals surface area (Å²) in [5.74, 6) is 0. The summed E-state index contributed by atoms with van der Waals surface area (Å²) in [7, 11) is -2.16. The van der Waals surface area contributed by atoms with Crippen LogP contribution in [-0.2, 0) is 21.7 Å². The van der Waals surface area contributed by atoms with E-state index < -0.39 is 8.07 Å². The zero-order valence-electron chi connectivity index (χ0n) is 42.9. The fourth-order valence-corrected chi connectivity index (χ4v) is 17.0. The lowest BCUT2D eigenvalue weighted by Gasteiger charge is -2.52. The quantitative estimate of drug-likeness (QED) is 0.163. The molecule has 0 aromatic heterocycles. The predicted molar refractivity (Wildman–Crippen MR) is 302 cm³/mol. The van der Waals surface area contributed by atoms with Gasteiger partial charge in [-0.3, -0.25) is 0 Å². The van der Waals surface area contributed by atoms with Crippen LogP contribution in [0.25, 0.3) is 11.1 Å². The average Bonchev–Trinajstić information content (AvgIpc) is 3.35. The Balaban J connectivity index is 1.21. The van der Waals surface area contributed by atoms with Crippen LogP contribution >= 0.6 is 0 Å².